The Bertz CT molecular complexity index is 2250. The van der Waals surface area contributed by atoms with Gasteiger partial charge in [0.15, 0.2) is 11.6 Å². The van der Waals surface area contributed by atoms with E-state index in [1.165, 1.54) is 55.3 Å². The number of hydrogen-bond acceptors (Lipinski definition) is 3. The molecule has 1 aromatic heterocycles. The molecule has 1 heterocycles. The summed E-state index contributed by atoms with van der Waals surface area (Å²) in [6.07, 6.45) is 5.08. The van der Waals surface area contributed by atoms with Gasteiger partial charge in [0.05, 0.1) is 0 Å². The lowest BCUT2D eigenvalue weighted by molar-refractivity contribution is 0.639. The van der Waals surface area contributed by atoms with E-state index < -0.39 is 0 Å². The zero-order valence-electron chi connectivity index (χ0n) is 27.1. The predicted octanol–water partition coefficient (Wildman–Crippen LogP) is 10.5. The Hall–Kier alpha value is -5.15. The first-order valence-corrected chi connectivity index (χ1v) is 16.2. The standard InChI is InChI=1S/C43H37N3/c1-27-32(33-15-8-10-18-36(33)42(27,2)3)17-12-20-39-44-40(30-22-21-28-13-6-7-14-29(28)25-30)46-41(45-39)31-23-24-35-34-16-9-11-19-37(34)43(4,5)38(35)26-31/h6-19,21-26H,20H2,1-5H3/b17-12-. The summed E-state index contributed by atoms with van der Waals surface area (Å²) in [7, 11) is 0. The molecule has 8 rings (SSSR count). The topological polar surface area (TPSA) is 38.7 Å². The number of aromatic nitrogens is 3. The molecule has 0 unspecified atom stereocenters. The zero-order valence-corrected chi connectivity index (χ0v) is 27.1. The minimum absolute atomic E-state index is 0.0147. The van der Waals surface area contributed by atoms with Crippen molar-refractivity contribution in [2.45, 2.75) is 51.9 Å². The molecule has 0 saturated carbocycles. The van der Waals surface area contributed by atoms with E-state index in [1.54, 1.807) is 0 Å². The Kier molecular flexibility index (Phi) is 6.44. The molecule has 2 aliphatic rings. The van der Waals surface area contributed by atoms with E-state index in [0.717, 1.165) is 17.0 Å². The van der Waals surface area contributed by atoms with E-state index in [1.807, 2.05) is 0 Å². The first kappa shape index (κ1) is 28.3. The predicted molar refractivity (Wildman–Crippen MR) is 191 cm³/mol. The van der Waals surface area contributed by atoms with Gasteiger partial charge in [0.1, 0.15) is 5.82 Å². The van der Waals surface area contributed by atoms with Crippen LogP contribution in [0.2, 0.25) is 0 Å². The molecule has 0 saturated heterocycles. The van der Waals surface area contributed by atoms with E-state index in [-0.39, 0.29) is 10.8 Å². The molecule has 5 aromatic carbocycles. The largest absolute Gasteiger partial charge is 0.213 e. The van der Waals surface area contributed by atoms with Crippen molar-refractivity contribution in [3.63, 3.8) is 0 Å². The molecule has 0 aliphatic heterocycles. The van der Waals surface area contributed by atoms with E-state index in [9.17, 15) is 0 Å². The summed E-state index contributed by atoms with van der Waals surface area (Å²) in [4.78, 5) is 15.2. The lowest BCUT2D eigenvalue weighted by Crippen LogP contribution is -2.15. The maximum Gasteiger partial charge on any atom is 0.163 e. The van der Waals surface area contributed by atoms with Gasteiger partial charge in [0, 0.05) is 28.4 Å². The summed E-state index contributed by atoms with van der Waals surface area (Å²) >= 11 is 0. The molecule has 224 valence electrons. The van der Waals surface area contributed by atoms with Crippen molar-refractivity contribution in [2.24, 2.45) is 0 Å². The molecule has 6 aromatic rings. The van der Waals surface area contributed by atoms with Crippen LogP contribution in [0.5, 0.6) is 0 Å². The van der Waals surface area contributed by atoms with Gasteiger partial charge >= 0.3 is 0 Å². The maximum atomic E-state index is 5.09. The van der Waals surface area contributed by atoms with Crippen molar-refractivity contribution >= 4 is 16.3 Å². The highest BCUT2D eigenvalue weighted by atomic mass is 15.0. The molecule has 0 atom stereocenters. The fraction of sp³-hybridized carbons (Fsp3) is 0.186. The van der Waals surface area contributed by atoms with Crippen LogP contribution in [0.1, 0.15) is 62.7 Å². The second kappa shape index (κ2) is 10.5. The van der Waals surface area contributed by atoms with Gasteiger partial charge in [0.2, 0.25) is 0 Å². The lowest BCUT2D eigenvalue weighted by atomic mass is 9.82. The van der Waals surface area contributed by atoms with E-state index in [0.29, 0.717) is 18.1 Å². The van der Waals surface area contributed by atoms with E-state index in [4.69, 9.17) is 15.0 Å². The number of nitrogens with zero attached hydrogens (tertiary/aromatic N) is 3. The molecule has 0 bridgehead atoms. The van der Waals surface area contributed by atoms with Gasteiger partial charge < -0.3 is 0 Å². The lowest BCUT2D eigenvalue weighted by Gasteiger charge is -2.21. The van der Waals surface area contributed by atoms with Crippen LogP contribution in [0.15, 0.2) is 127 Å². The summed E-state index contributed by atoms with van der Waals surface area (Å²) in [5.41, 5.74) is 12.6. The Morgan fingerprint density at radius 1 is 0.543 bits per heavy atom. The van der Waals surface area contributed by atoms with Gasteiger partial charge in [-0.1, -0.05) is 142 Å². The van der Waals surface area contributed by atoms with Crippen molar-refractivity contribution in [2.75, 3.05) is 0 Å². The van der Waals surface area contributed by atoms with Gasteiger partial charge in [-0.3, -0.25) is 0 Å². The number of benzene rings is 5. The molecular weight excluding hydrogens is 558 g/mol. The van der Waals surface area contributed by atoms with Crippen LogP contribution in [-0.4, -0.2) is 15.0 Å². The second-order valence-corrected chi connectivity index (χ2v) is 13.7. The summed E-state index contributed by atoms with van der Waals surface area (Å²) in [6, 6.07) is 39.1. The monoisotopic (exact) mass is 595 g/mol. The van der Waals surface area contributed by atoms with Gasteiger partial charge in [-0.15, -0.1) is 0 Å². The van der Waals surface area contributed by atoms with Gasteiger partial charge in [-0.2, -0.15) is 0 Å². The molecule has 0 spiro atoms. The van der Waals surface area contributed by atoms with Crippen molar-refractivity contribution < 1.29 is 0 Å². The molecule has 0 N–H and O–H groups in total. The van der Waals surface area contributed by atoms with Gasteiger partial charge in [0.25, 0.3) is 0 Å². The zero-order chi connectivity index (χ0) is 31.6. The van der Waals surface area contributed by atoms with Crippen LogP contribution in [0.25, 0.3) is 50.2 Å². The molecule has 3 nitrogen and oxygen atoms in total. The highest BCUT2D eigenvalue weighted by molar-refractivity contribution is 5.87. The molecular formula is C43H37N3. The summed E-state index contributed by atoms with van der Waals surface area (Å²) < 4.78 is 0. The Labute approximate surface area is 271 Å². The van der Waals surface area contributed by atoms with E-state index >= 15 is 0 Å². The van der Waals surface area contributed by atoms with Crippen LogP contribution < -0.4 is 0 Å². The SMILES string of the molecule is CC1=C(/C=C\Cc2nc(-c3ccc4c(c3)C(C)(C)c3ccccc3-4)nc(-c3ccc4ccccc4c3)n2)c2ccccc2C1(C)C. The smallest absolute Gasteiger partial charge is 0.163 e. The summed E-state index contributed by atoms with van der Waals surface area (Å²) in [5.74, 6) is 2.17. The third-order valence-corrected chi connectivity index (χ3v) is 10.3. The van der Waals surface area contributed by atoms with Crippen molar-refractivity contribution in [1.82, 2.24) is 15.0 Å². The average Bonchev–Trinajstić information content (AvgIpc) is 3.43. The Morgan fingerprint density at radius 2 is 1.13 bits per heavy atom. The van der Waals surface area contributed by atoms with Crippen LogP contribution >= 0.6 is 0 Å². The number of hydrogen-bond donors (Lipinski definition) is 0. The highest BCUT2D eigenvalue weighted by Gasteiger charge is 2.36. The fourth-order valence-electron chi connectivity index (χ4n) is 7.44. The van der Waals surface area contributed by atoms with Crippen LogP contribution in [0.4, 0.5) is 0 Å². The molecule has 2 aliphatic carbocycles. The van der Waals surface area contributed by atoms with Gasteiger partial charge in [-0.25, -0.2) is 15.0 Å². The molecule has 3 heteroatoms. The van der Waals surface area contributed by atoms with Crippen molar-refractivity contribution in [3.05, 3.63) is 155 Å². The fourth-order valence-corrected chi connectivity index (χ4v) is 7.44. The minimum atomic E-state index is -0.0986. The second-order valence-electron chi connectivity index (χ2n) is 13.7. The van der Waals surface area contributed by atoms with Crippen LogP contribution in [0.3, 0.4) is 0 Å². The van der Waals surface area contributed by atoms with Crippen LogP contribution in [0, 0.1) is 0 Å². The van der Waals surface area contributed by atoms with Gasteiger partial charge in [-0.05, 0) is 68.8 Å². The molecule has 0 fully saturated rings. The van der Waals surface area contributed by atoms with Crippen molar-refractivity contribution in [1.29, 1.82) is 0 Å². The minimum Gasteiger partial charge on any atom is -0.213 e. The molecule has 0 amide bonds. The average molecular weight is 596 g/mol. The van der Waals surface area contributed by atoms with Crippen LogP contribution in [-0.2, 0) is 17.3 Å². The normalized spacial score (nSPS) is 15.8. The number of fused-ring (bicyclic) bond motifs is 5. The third kappa shape index (κ3) is 4.45. The Morgan fingerprint density at radius 3 is 1.89 bits per heavy atom. The summed E-state index contributed by atoms with van der Waals surface area (Å²) in [6.45, 7) is 11.5. The Balaban J connectivity index is 1.21. The van der Waals surface area contributed by atoms with E-state index in [2.05, 4.69) is 156 Å². The number of rotatable bonds is 5. The molecule has 46 heavy (non-hydrogen) atoms. The first-order valence-electron chi connectivity index (χ1n) is 16.2. The number of allylic oxidation sites excluding steroid dienone is 4. The van der Waals surface area contributed by atoms with Crippen molar-refractivity contribution in [3.8, 4) is 33.9 Å². The third-order valence-electron chi connectivity index (χ3n) is 10.3. The maximum absolute atomic E-state index is 5.09. The quantitative estimate of drug-likeness (QED) is 0.199. The molecule has 0 radical (unpaired) electrons. The summed E-state index contributed by atoms with van der Waals surface area (Å²) in [5, 5.41) is 2.37. The first-order chi connectivity index (χ1) is 22.2. The highest BCUT2D eigenvalue weighted by Crippen LogP contribution is 2.49.